The van der Waals surface area contributed by atoms with Gasteiger partial charge >= 0.3 is 6.03 Å². The van der Waals surface area contributed by atoms with Crippen LogP contribution in [0.1, 0.15) is 30.1 Å². The molecular weight excluding hydrogens is 495 g/mol. The lowest BCUT2D eigenvalue weighted by Gasteiger charge is -2.34. The Morgan fingerprint density at radius 2 is 1.50 bits per heavy atom. The number of urea groups is 1. The van der Waals surface area contributed by atoms with E-state index in [0.717, 1.165) is 11.1 Å². The first-order chi connectivity index (χ1) is 16.5. The second-order valence-corrected chi connectivity index (χ2v) is 9.25. The van der Waals surface area contributed by atoms with Crippen molar-refractivity contribution in [3.63, 3.8) is 0 Å². The van der Waals surface area contributed by atoms with Gasteiger partial charge in [0.15, 0.2) is 0 Å². The molecule has 0 spiro atoms. The number of likely N-dealkylation sites (tertiary alicyclic amines) is 1. The van der Waals surface area contributed by atoms with Gasteiger partial charge in [-0.25, -0.2) is 4.79 Å². The van der Waals surface area contributed by atoms with Gasteiger partial charge in [-0.05, 0) is 43.2 Å². The van der Waals surface area contributed by atoms with Crippen LogP contribution in [0.5, 0.6) is 5.75 Å². The number of carbonyl (C=O) groups is 1. The van der Waals surface area contributed by atoms with Gasteiger partial charge in [0.2, 0.25) is 0 Å². The molecule has 1 heterocycles. The van der Waals surface area contributed by atoms with Crippen molar-refractivity contribution in [1.82, 2.24) is 4.90 Å². The maximum atomic E-state index is 12.8. The van der Waals surface area contributed by atoms with Crippen molar-refractivity contribution in [2.45, 2.75) is 25.0 Å². The Labute approximate surface area is 214 Å². The highest BCUT2D eigenvalue weighted by Crippen LogP contribution is 2.37. The van der Waals surface area contributed by atoms with E-state index in [2.05, 4.69) is 5.32 Å². The van der Waals surface area contributed by atoms with Crippen LogP contribution in [0.2, 0.25) is 15.1 Å². The van der Waals surface area contributed by atoms with Crippen LogP contribution in [0.3, 0.4) is 0 Å². The number of hydrogen-bond acceptors (Lipinski definition) is 3. The van der Waals surface area contributed by atoms with Crippen molar-refractivity contribution < 1.29 is 14.3 Å². The molecule has 0 bridgehead atoms. The minimum absolute atomic E-state index is 0.0444. The first kappa shape index (κ1) is 24.7. The first-order valence-corrected chi connectivity index (χ1v) is 12.1. The highest BCUT2D eigenvalue weighted by molar-refractivity contribution is 6.32. The van der Waals surface area contributed by atoms with Gasteiger partial charge in [-0.1, -0.05) is 71.2 Å². The predicted octanol–water partition coefficient (Wildman–Crippen LogP) is 7.46. The zero-order valence-electron chi connectivity index (χ0n) is 18.6. The molecule has 0 saturated carbocycles. The van der Waals surface area contributed by atoms with Gasteiger partial charge < -0.3 is 19.7 Å². The molecule has 0 radical (unpaired) electrons. The molecule has 1 N–H and O–H groups in total. The lowest BCUT2D eigenvalue weighted by atomic mass is 10.00. The van der Waals surface area contributed by atoms with Gasteiger partial charge in [-0.3, -0.25) is 0 Å². The standard InChI is InChI=1S/C26H25Cl3N2O3/c1-33-24-11-10-17(16-23(24)29)30-26(32)31-14-12-18(13-15-31)34-25(19-6-2-4-8-21(19)27)20-7-3-5-9-22(20)28/h2-11,16,18,25H,12-15H2,1H3,(H,30,32). The minimum atomic E-state index is -0.394. The Morgan fingerprint density at radius 1 is 0.912 bits per heavy atom. The fraction of sp³-hybridized carbons (Fsp3) is 0.269. The van der Waals surface area contributed by atoms with Gasteiger partial charge in [-0.2, -0.15) is 0 Å². The lowest BCUT2D eigenvalue weighted by molar-refractivity contribution is -0.0205. The van der Waals surface area contributed by atoms with E-state index < -0.39 is 6.10 Å². The molecule has 2 amide bonds. The summed E-state index contributed by atoms with van der Waals surface area (Å²) in [4.78, 5) is 14.5. The number of amides is 2. The smallest absolute Gasteiger partial charge is 0.321 e. The summed E-state index contributed by atoms with van der Waals surface area (Å²) >= 11 is 19.2. The topological polar surface area (TPSA) is 50.8 Å². The number of rotatable bonds is 6. The summed E-state index contributed by atoms with van der Waals surface area (Å²) in [6, 6.07) is 20.3. The minimum Gasteiger partial charge on any atom is -0.495 e. The van der Waals surface area contributed by atoms with Crippen molar-refractivity contribution in [3.05, 3.63) is 92.9 Å². The van der Waals surface area contributed by atoms with Gasteiger partial charge in [-0.15, -0.1) is 0 Å². The highest BCUT2D eigenvalue weighted by Gasteiger charge is 2.28. The van der Waals surface area contributed by atoms with Crippen LogP contribution in [-0.4, -0.2) is 37.2 Å². The van der Waals surface area contributed by atoms with Crippen LogP contribution in [-0.2, 0) is 4.74 Å². The molecule has 3 aromatic carbocycles. The maximum Gasteiger partial charge on any atom is 0.321 e. The van der Waals surface area contributed by atoms with Gasteiger partial charge in [0.1, 0.15) is 11.9 Å². The van der Waals surface area contributed by atoms with Gasteiger partial charge in [0.05, 0.1) is 18.2 Å². The first-order valence-electron chi connectivity index (χ1n) is 11.0. The molecule has 1 aliphatic rings. The molecule has 5 nitrogen and oxygen atoms in total. The molecular formula is C26H25Cl3N2O3. The Kier molecular flexibility index (Phi) is 8.22. The van der Waals surface area contributed by atoms with Crippen LogP contribution in [0.25, 0.3) is 0 Å². The number of nitrogens with zero attached hydrogens (tertiary/aromatic N) is 1. The zero-order chi connectivity index (χ0) is 24.1. The summed E-state index contributed by atoms with van der Waals surface area (Å²) < 4.78 is 11.7. The number of halogens is 3. The van der Waals surface area contributed by atoms with Crippen LogP contribution in [0.15, 0.2) is 66.7 Å². The quantitative estimate of drug-likeness (QED) is 0.368. The number of benzene rings is 3. The fourth-order valence-electron chi connectivity index (χ4n) is 4.02. The van der Waals surface area contributed by atoms with Crippen LogP contribution in [0.4, 0.5) is 10.5 Å². The van der Waals surface area contributed by atoms with E-state index in [1.54, 1.807) is 30.2 Å². The van der Waals surface area contributed by atoms with Crippen LogP contribution in [0, 0.1) is 0 Å². The van der Waals surface area contributed by atoms with Crippen molar-refractivity contribution in [2.75, 3.05) is 25.5 Å². The average molecular weight is 520 g/mol. The molecule has 178 valence electrons. The van der Waals surface area contributed by atoms with E-state index in [4.69, 9.17) is 44.3 Å². The number of piperidine rings is 1. The molecule has 1 fully saturated rings. The number of methoxy groups -OCH3 is 1. The molecule has 0 aliphatic carbocycles. The van der Waals surface area contributed by atoms with E-state index in [1.165, 1.54) is 0 Å². The van der Waals surface area contributed by atoms with Gasteiger partial charge in [0, 0.05) is 39.9 Å². The number of hydrogen-bond donors (Lipinski definition) is 1. The number of anilines is 1. The summed E-state index contributed by atoms with van der Waals surface area (Å²) in [6.45, 7) is 1.14. The monoisotopic (exact) mass is 518 g/mol. The Bertz CT molecular complexity index is 1100. The third-order valence-corrected chi connectivity index (χ3v) is 6.82. The van der Waals surface area contributed by atoms with Crippen molar-refractivity contribution in [1.29, 1.82) is 0 Å². The van der Waals surface area contributed by atoms with E-state index in [-0.39, 0.29) is 12.1 Å². The Hall–Kier alpha value is -2.44. The van der Waals surface area contributed by atoms with E-state index >= 15 is 0 Å². The number of carbonyl (C=O) groups excluding carboxylic acids is 1. The van der Waals surface area contributed by atoms with E-state index in [9.17, 15) is 4.79 Å². The molecule has 34 heavy (non-hydrogen) atoms. The summed E-state index contributed by atoms with van der Waals surface area (Å²) in [5.41, 5.74) is 2.36. The SMILES string of the molecule is COc1ccc(NC(=O)N2CCC(OC(c3ccccc3Cl)c3ccccc3Cl)CC2)cc1Cl. The largest absolute Gasteiger partial charge is 0.495 e. The number of nitrogens with one attached hydrogen (secondary N) is 1. The summed E-state index contributed by atoms with van der Waals surface area (Å²) in [5, 5.41) is 4.59. The second kappa shape index (κ2) is 11.3. The van der Waals surface area contributed by atoms with Crippen LogP contribution >= 0.6 is 34.8 Å². The molecule has 4 rings (SSSR count). The zero-order valence-corrected chi connectivity index (χ0v) is 20.9. The third kappa shape index (κ3) is 5.78. The summed E-state index contributed by atoms with van der Waals surface area (Å²) in [6.07, 6.45) is 0.955. The Balaban J connectivity index is 1.41. The van der Waals surface area contributed by atoms with E-state index in [0.29, 0.717) is 52.4 Å². The molecule has 3 aromatic rings. The Morgan fingerprint density at radius 3 is 2.03 bits per heavy atom. The summed E-state index contributed by atoms with van der Waals surface area (Å²) in [5.74, 6) is 0.559. The molecule has 0 aromatic heterocycles. The predicted molar refractivity (Wildman–Crippen MR) is 137 cm³/mol. The molecule has 0 atom stereocenters. The van der Waals surface area contributed by atoms with Crippen molar-refractivity contribution in [3.8, 4) is 5.75 Å². The van der Waals surface area contributed by atoms with Crippen molar-refractivity contribution >= 4 is 46.5 Å². The lowest BCUT2D eigenvalue weighted by Crippen LogP contribution is -2.43. The van der Waals surface area contributed by atoms with Crippen molar-refractivity contribution in [2.24, 2.45) is 0 Å². The molecule has 1 saturated heterocycles. The average Bonchev–Trinajstić information content (AvgIpc) is 2.84. The number of ether oxygens (including phenoxy) is 2. The highest BCUT2D eigenvalue weighted by atomic mass is 35.5. The van der Waals surface area contributed by atoms with Gasteiger partial charge in [0.25, 0.3) is 0 Å². The fourth-order valence-corrected chi connectivity index (χ4v) is 4.75. The molecule has 0 unspecified atom stereocenters. The normalized spacial score (nSPS) is 14.3. The third-order valence-electron chi connectivity index (χ3n) is 5.84. The van der Waals surface area contributed by atoms with E-state index in [1.807, 2.05) is 48.5 Å². The maximum absolute atomic E-state index is 12.8. The summed E-state index contributed by atoms with van der Waals surface area (Å²) in [7, 11) is 1.55. The second-order valence-electron chi connectivity index (χ2n) is 8.03. The molecule has 8 heteroatoms. The van der Waals surface area contributed by atoms with Crippen LogP contribution < -0.4 is 10.1 Å². The molecule has 1 aliphatic heterocycles.